The van der Waals surface area contributed by atoms with Crippen LogP contribution in [-0.4, -0.2) is 31.3 Å². The van der Waals surface area contributed by atoms with Gasteiger partial charge in [0.1, 0.15) is 5.84 Å². The van der Waals surface area contributed by atoms with Gasteiger partial charge in [0.2, 0.25) is 0 Å². The van der Waals surface area contributed by atoms with Crippen LogP contribution in [0.5, 0.6) is 0 Å². The Morgan fingerprint density at radius 1 is 0.645 bits per heavy atom. The second-order valence-electron chi connectivity index (χ2n) is 9.58. The summed E-state index contributed by atoms with van der Waals surface area (Å²) in [6, 6.07) is 31.7. The molecule has 0 heterocycles. The molecule has 0 N–H and O–H groups in total. The normalized spacial score (nSPS) is 12.5. The molecule has 31 heavy (non-hydrogen) atoms. The maximum Gasteiger partial charge on any atom is 0.339 e. The zero-order valence-corrected chi connectivity index (χ0v) is 20.5. The van der Waals surface area contributed by atoms with Crippen molar-refractivity contribution in [2.75, 3.05) is 4.57 Å². The van der Waals surface area contributed by atoms with E-state index in [1.807, 2.05) is 0 Å². The number of hydrogen-bond donors (Lipinski definition) is 0. The van der Waals surface area contributed by atoms with Gasteiger partial charge in [0.05, 0.1) is 5.54 Å². The van der Waals surface area contributed by atoms with Crippen molar-refractivity contribution in [3.05, 3.63) is 96.6 Å². The minimum Gasteiger partial charge on any atom is -0.360 e. The molecule has 160 valence electrons. The van der Waals surface area contributed by atoms with Crippen LogP contribution in [0.4, 0.5) is 11.4 Å². The molecule has 0 amide bonds. The Bertz CT molecular complexity index is 932. The van der Waals surface area contributed by atoms with Gasteiger partial charge in [-0.25, -0.2) is 0 Å². The molecule has 0 unspecified atom stereocenters. The second kappa shape index (κ2) is 9.52. The molecular weight excluding hydrogens is 394 g/mol. The van der Waals surface area contributed by atoms with Crippen LogP contribution in [0.25, 0.3) is 0 Å². The summed E-state index contributed by atoms with van der Waals surface area (Å²) in [6.07, 6.45) is 0. The molecule has 3 rings (SSSR count). The Morgan fingerprint density at radius 3 is 1.45 bits per heavy atom. The van der Waals surface area contributed by atoms with Crippen molar-refractivity contribution in [1.29, 1.82) is 0 Å². The Morgan fingerprint density at radius 2 is 1.06 bits per heavy atom. The first-order chi connectivity index (χ1) is 14.6. The largest absolute Gasteiger partial charge is 0.360 e. The van der Waals surface area contributed by atoms with Crippen LogP contribution in [0.15, 0.2) is 96.0 Å². The van der Waals surface area contributed by atoms with Crippen molar-refractivity contribution in [1.82, 2.24) is 4.57 Å². The van der Waals surface area contributed by atoms with Gasteiger partial charge in [-0.2, -0.15) is 0 Å². The molecule has 0 aliphatic carbocycles. The van der Waals surface area contributed by atoms with Crippen LogP contribution < -0.4 is 4.57 Å². The topological polar surface area (TPSA) is 18.8 Å². The molecule has 0 atom stereocenters. The molecule has 0 aliphatic heterocycles. The van der Waals surface area contributed by atoms with Gasteiger partial charge in [0.15, 0.2) is 0 Å². The zero-order valence-electron chi connectivity index (χ0n) is 19.5. The van der Waals surface area contributed by atoms with E-state index in [2.05, 4.69) is 142 Å². The first-order valence-corrected chi connectivity index (χ1v) is 11.7. The number of nitrogens with zero attached hydrogens (tertiary/aromatic N) is 3. The van der Waals surface area contributed by atoms with Gasteiger partial charge >= 0.3 is 9.84 Å². The van der Waals surface area contributed by atoms with Gasteiger partial charge in [-0.15, -0.1) is 0 Å². The van der Waals surface area contributed by atoms with Crippen molar-refractivity contribution in [3.8, 4) is 0 Å². The Balaban J connectivity index is 2.13. The summed E-state index contributed by atoms with van der Waals surface area (Å²) in [5, 5.41) is 0. The van der Waals surface area contributed by atoms with E-state index >= 15 is 0 Å². The summed E-state index contributed by atoms with van der Waals surface area (Å²) < 4.78 is 4.82. The summed E-state index contributed by atoms with van der Waals surface area (Å²) in [5.41, 5.74) is 3.17. The Hall–Kier alpha value is -2.85. The number of para-hydroxylation sites is 2. The number of amidine groups is 1. The van der Waals surface area contributed by atoms with Crippen LogP contribution in [0.1, 0.15) is 47.1 Å². The standard InChI is InChI=1S/C27H33N3Si/c1-26(2,3)28-25(22-16-10-7-11-17-22)30(27(4,5)6)31-29(23-18-12-8-13-19-23)24-20-14-9-15-21-24/h7-21H,1-6H3. The maximum atomic E-state index is 5.21. The average molecular weight is 428 g/mol. The fourth-order valence-corrected chi connectivity index (χ4v) is 4.49. The summed E-state index contributed by atoms with van der Waals surface area (Å²) in [7, 11) is 0.348. The van der Waals surface area contributed by atoms with E-state index in [9.17, 15) is 0 Å². The van der Waals surface area contributed by atoms with E-state index in [1.165, 1.54) is 11.4 Å². The smallest absolute Gasteiger partial charge is 0.339 e. The molecule has 4 heteroatoms. The predicted octanol–water partition coefficient (Wildman–Crippen LogP) is 6.70. The molecule has 3 aromatic rings. The lowest BCUT2D eigenvalue weighted by Crippen LogP contribution is -2.53. The molecule has 3 aromatic carbocycles. The summed E-state index contributed by atoms with van der Waals surface area (Å²) in [4.78, 5) is 5.21. The van der Waals surface area contributed by atoms with E-state index in [4.69, 9.17) is 4.99 Å². The van der Waals surface area contributed by atoms with Gasteiger partial charge in [0.25, 0.3) is 0 Å². The molecule has 0 fully saturated rings. The minimum absolute atomic E-state index is 0.125. The molecular formula is C27H33N3Si. The lowest BCUT2D eigenvalue weighted by atomic mass is 10.1. The van der Waals surface area contributed by atoms with E-state index in [0.29, 0.717) is 9.84 Å². The van der Waals surface area contributed by atoms with Gasteiger partial charge in [0, 0.05) is 22.5 Å². The third kappa shape index (κ3) is 6.31. The predicted molar refractivity (Wildman–Crippen MR) is 135 cm³/mol. The van der Waals surface area contributed by atoms with Crippen molar-refractivity contribution in [2.24, 2.45) is 4.99 Å². The van der Waals surface area contributed by atoms with Crippen molar-refractivity contribution >= 4 is 27.1 Å². The SMILES string of the molecule is CC(C)(C)N=C(c1ccccc1)N([Si]N(c1ccccc1)c1ccccc1)C(C)(C)C. The molecule has 0 saturated heterocycles. The van der Waals surface area contributed by atoms with Crippen molar-refractivity contribution < 1.29 is 0 Å². The first kappa shape index (κ1) is 22.8. The lowest BCUT2D eigenvalue weighted by molar-refractivity contribution is 0.355. The molecule has 0 saturated carbocycles. The zero-order chi connectivity index (χ0) is 22.5. The number of hydrogen-bond acceptors (Lipinski definition) is 2. The van der Waals surface area contributed by atoms with Crippen molar-refractivity contribution in [2.45, 2.75) is 52.6 Å². The van der Waals surface area contributed by atoms with Crippen LogP contribution in [-0.2, 0) is 0 Å². The Kier molecular flexibility index (Phi) is 7.01. The molecule has 0 aliphatic rings. The number of benzene rings is 3. The molecule has 0 bridgehead atoms. The fraction of sp³-hybridized carbons (Fsp3) is 0.296. The third-order valence-corrected chi connectivity index (χ3v) is 6.38. The van der Waals surface area contributed by atoms with Crippen LogP contribution in [0, 0.1) is 0 Å². The molecule has 2 radical (unpaired) electrons. The quantitative estimate of drug-likeness (QED) is 0.256. The minimum atomic E-state index is -0.191. The van der Waals surface area contributed by atoms with Crippen molar-refractivity contribution in [3.63, 3.8) is 0 Å². The molecule has 0 aromatic heterocycles. The van der Waals surface area contributed by atoms with Gasteiger partial charge in [-0.05, 0) is 65.8 Å². The van der Waals surface area contributed by atoms with Gasteiger partial charge in [-0.3, -0.25) is 4.99 Å². The molecule has 3 nitrogen and oxygen atoms in total. The summed E-state index contributed by atoms with van der Waals surface area (Å²) >= 11 is 0. The highest BCUT2D eigenvalue weighted by Gasteiger charge is 2.31. The second-order valence-corrected chi connectivity index (χ2v) is 10.7. The van der Waals surface area contributed by atoms with E-state index in [-0.39, 0.29) is 11.1 Å². The number of aliphatic imine (C=N–C) groups is 1. The maximum absolute atomic E-state index is 5.21. The number of rotatable bonds is 5. The highest BCUT2D eigenvalue weighted by molar-refractivity contribution is 6.46. The highest BCUT2D eigenvalue weighted by Crippen LogP contribution is 2.28. The van der Waals surface area contributed by atoms with E-state index in [1.54, 1.807) is 0 Å². The number of anilines is 2. The van der Waals surface area contributed by atoms with E-state index in [0.717, 1.165) is 11.4 Å². The third-order valence-electron chi connectivity index (χ3n) is 4.58. The van der Waals surface area contributed by atoms with Gasteiger partial charge in [-0.1, -0.05) is 66.7 Å². The summed E-state index contributed by atoms with van der Waals surface area (Å²) in [5.74, 6) is 1.02. The average Bonchev–Trinajstić information content (AvgIpc) is 2.73. The first-order valence-electron chi connectivity index (χ1n) is 10.8. The van der Waals surface area contributed by atoms with E-state index < -0.39 is 0 Å². The van der Waals surface area contributed by atoms with Gasteiger partial charge < -0.3 is 9.13 Å². The molecule has 0 spiro atoms. The Labute approximate surface area is 190 Å². The van der Waals surface area contributed by atoms with Crippen LogP contribution in [0.2, 0.25) is 0 Å². The highest BCUT2D eigenvalue weighted by atomic mass is 28.2. The van der Waals surface area contributed by atoms with Crippen LogP contribution in [0.3, 0.4) is 0 Å². The van der Waals surface area contributed by atoms with Crippen LogP contribution >= 0.6 is 0 Å². The monoisotopic (exact) mass is 427 g/mol. The lowest BCUT2D eigenvalue weighted by Gasteiger charge is -2.42. The summed E-state index contributed by atoms with van der Waals surface area (Å²) in [6.45, 7) is 13.3. The fourth-order valence-electron chi connectivity index (χ4n) is 3.18.